The van der Waals surface area contributed by atoms with Crippen LogP contribution in [-0.2, 0) is 0 Å². The number of nitrogens with two attached hydrogens (primary N) is 1. The Kier molecular flexibility index (Phi) is 5.08. The highest BCUT2D eigenvalue weighted by molar-refractivity contribution is 4.99. The molecule has 106 valence electrons. The monoisotopic (exact) mass is 252 g/mol. The first-order valence-corrected chi connectivity index (χ1v) is 8.22. The fourth-order valence-electron chi connectivity index (χ4n) is 4.28. The molecular formula is C16H32N2. The van der Waals surface area contributed by atoms with Crippen molar-refractivity contribution >= 4 is 0 Å². The molecule has 2 rings (SSSR count). The third-order valence-electron chi connectivity index (χ3n) is 5.70. The Morgan fingerprint density at radius 1 is 1.06 bits per heavy atom. The minimum Gasteiger partial charge on any atom is -0.329 e. The van der Waals surface area contributed by atoms with E-state index in [9.17, 15) is 0 Å². The van der Waals surface area contributed by atoms with E-state index in [0.29, 0.717) is 5.54 Å². The second-order valence-corrected chi connectivity index (χ2v) is 6.53. The van der Waals surface area contributed by atoms with Crippen molar-refractivity contribution in [1.82, 2.24) is 4.90 Å². The molecule has 1 unspecified atom stereocenters. The fourth-order valence-corrected chi connectivity index (χ4v) is 4.28. The summed E-state index contributed by atoms with van der Waals surface area (Å²) in [5.41, 5.74) is 6.59. The molecule has 0 aromatic rings. The molecular weight excluding hydrogens is 220 g/mol. The van der Waals surface area contributed by atoms with E-state index >= 15 is 0 Å². The van der Waals surface area contributed by atoms with E-state index in [-0.39, 0.29) is 0 Å². The summed E-state index contributed by atoms with van der Waals surface area (Å²) in [6.07, 6.45) is 12.4. The van der Waals surface area contributed by atoms with Gasteiger partial charge in [-0.25, -0.2) is 0 Å². The first-order chi connectivity index (χ1) is 8.75. The molecule has 0 radical (unpaired) electrons. The zero-order chi connectivity index (χ0) is 13.0. The van der Waals surface area contributed by atoms with Crippen molar-refractivity contribution < 1.29 is 0 Å². The smallest absolute Gasteiger partial charge is 0.0334 e. The SMILES string of the molecule is CCC1CCC(CN)(N2CCCCC2CC)CC1. The maximum atomic E-state index is 6.23. The summed E-state index contributed by atoms with van der Waals surface area (Å²) in [5.74, 6) is 0.967. The van der Waals surface area contributed by atoms with Crippen LogP contribution in [0, 0.1) is 5.92 Å². The number of likely N-dealkylation sites (tertiary alicyclic amines) is 1. The van der Waals surface area contributed by atoms with Crippen molar-refractivity contribution in [3.63, 3.8) is 0 Å². The van der Waals surface area contributed by atoms with Gasteiger partial charge >= 0.3 is 0 Å². The molecule has 1 saturated carbocycles. The van der Waals surface area contributed by atoms with Crippen molar-refractivity contribution in [2.45, 2.75) is 83.2 Å². The normalized spacial score (nSPS) is 38.8. The van der Waals surface area contributed by atoms with Crippen molar-refractivity contribution in [3.05, 3.63) is 0 Å². The third kappa shape index (κ3) is 2.75. The van der Waals surface area contributed by atoms with Gasteiger partial charge in [0.2, 0.25) is 0 Å². The largest absolute Gasteiger partial charge is 0.329 e. The molecule has 2 fully saturated rings. The first-order valence-electron chi connectivity index (χ1n) is 8.22. The lowest BCUT2D eigenvalue weighted by Crippen LogP contribution is -2.60. The quantitative estimate of drug-likeness (QED) is 0.829. The predicted octanol–water partition coefficient (Wildman–Crippen LogP) is 3.55. The van der Waals surface area contributed by atoms with Gasteiger partial charge < -0.3 is 5.73 Å². The molecule has 18 heavy (non-hydrogen) atoms. The lowest BCUT2D eigenvalue weighted by molar-refractivity contribution is -0.0134. The Labute approximate surface area is 113 Å². The number of piperidine rings is 1. The van der Waals surface area contributed by atoms with Crippen molar-refractivity contribution in [2.75, 3.05) is 13.1 Å². The molecule has 2 heteroatoms. The molecule has 1 saturated heterocycles. The van der Waals surface area contributed by atoms with Crippen LogP contribution in [0.15, 0.2) is 0 Å². The summed E-state index contributed by atoms with van der Waals surface area (Å²) in [6.45, 7) is 6.87. The molecule has 0 amide bonds. The summed E-state index contributed by atoms with van der Waals surface area (Å²) in [7, 11) is 0. The molecule has 1 aliphatic carbocycles. The third-order valence-corrected chi connectivity index (χ3v) is 5.70. The van der Waals surface area contributed by atoms with Crippen LogP contribution in [0.2, 0.25) is 0 Å². The first kappa shape index (κ1) is 14.3. The summed E-state index contributed by atoms with van der Waals surface area (Å²) >= 11 is 0. The molecule has 1 heterocycles. The van der Waals surface area contributed by atoms with Crippen LogP contribution in [-0.4, -0.2) is 29.6 Å². The van der Waals surface area contributed by atoms with Crippen LogP contribution >= 0.6 is 0 Å². The highest BCUT2D eigenvalue weighted by Crippen LogP contribution is 2.40. The van der Waals surface area contributed by atoms with Crippen LogP contribution in [0.4, 0.5) is 0 Å². The van der Waals surface area contributed by atoms with E-state index in [1.54, 1.807) is 0 Å². The van der Waals surface area contributed by atoms with Gasteiger partial charge in [-0.05, 0) is 57.4 Å². The number of rotatable bonds is 4. The highest BCUT2D eigenvalue weighted by atomic mass is 15.2. The van der Waals surface area contributed by atoms with Gasteiger partial charge in [0.15, 0.2) is 0 Å². The van der Waals surface area contributed by atoms with E-state index in [2.05, 4.69) is 18.7 Å². The average molecular weight is 252 g/mol. The molecule has 0 aromatic heterocycles. The van der Waals surface area contributed by atoms with Gasteiger partial charge in [-0.1, -0.05) is 26.7 Å². The Morgan fingerprint density at radius 2 is 1.78 bits per heavy atom. The number of hydrogen-bond acceptors (Lipinski definition) is 2. The van der Waals surface area contributed by atoms with Crippen LogP contribution in [0.3, 0.4) is 0 Å². The van der Waals surface area contributed by atoms with E-state index in [1.165, 1.54) is 64.3 Å². The van der Waals surface area contributed by atoms with Crippen LogP contribution < -0.4 is 5.73 Å². The van der Waals surface area contributed by atoms with Crippen molar-refractivity contribution in [1.29, 1.82) is 0 Å². The predicted molar refractivity (Wildman–Crippen MR) is 78.7 cm³/mol. The molecule has 1 atom stereocenters. The topological polar surface area (TPSA) is 29.3 Å². The minimum atomic E-state index is 0.354. The summed E-state index contributed by atoms with van der Waals surface area (Å²) < 4.78 is 0. The molecule has 1 aliphatic heterocycles. The standard InChI is InChI=1S/C16H32N2/c1-3-14-8-10-16(13-17,11-9-14)18-12-6-5-7-15(18)4-2/h14-15H,3-13,17H2,1-2H3. The second kappa shape index (κ2) is 6.38. The Morgan fingerprint density at radius 3 is 2.33 bits per heavy atom. The molecule has 2 nitrogen and oxygen atoms in total. The minimum absolute atomic E-state index is 0.354. The average Bonchev–Trinajstić information content (AvgIpc) is 2.47. The number of hydrogen-bond donors (Lipinski definition) is 1. The van der Waals surface area contributed by atoms with Gasteiger partial charge in [0.25, 0.3) is 0 Å². The Bertz CT molecular complexity index is 243. The van der Waals surface area contributed by atoms with E-state index < -0.39 is 0 Å². The summed E-state index contributed by atoms with van der Waals surface area (Å²) in [6, 6.07) is 0.806. The Hall–Kier alpha value is -0.0800. The molecule has 0 aromatic carbocycles. The lowest BCUT2D eigenvalue weighted by Gasteiger charge is -2.52. The number of nitrogens with zero attached hydrogens (tertiary/aromatic N) is 1. The Balaban J connectivity index is 2.06. The van der Waals surface area contributed by atoms with E-state index in [0.717, 1.165) is 18.5 Å². The van der Waals surface area contributed by atoms with Gasteiger partial charge in [0, 0.05) is 18.1 Å². The second-order valence-electron chi connectivity index (χ2n) is 6.53. The molecule has 2 aliphatic rings. The fraction of sp³-hybridized carbons (Fsp3) is 1.00. The van der Waals surface area contributed by atoms with Gasteiger partial charge in [0.05, 0.1) is 0 Å². The van der Waals surface area contributed by atoms with Crippen LogP contribution in [0.25, 0.3) is 0 Å². The summed E-state index contributed by atoms with van der Waals surface area (Å²) in [5, 5.41) is 0. The maximum Gasteiger partial charge on any atom is 0.0334 e. The molecule has 0 spiro atoms. The van der Waals surface area contributed by atoms with Gasteiger partial charge in [-0.15, -0.1) is 0 Å². The van der Waals surface area contributed by atoms with Crippen LogP contribution in [0.5, 0.6) is 0 Å². The maximum absolute atomic E-state index is 6.23. The van der Waals surface area contributed by atoms with E-state index in [1.807, 2.05) is 0 Å². The van der Waals surface area contributed by atoms with E-state index in [4.69, 9.17) is 5.73 Å². The van der Waals surface area contributed by atoms with Crippen LogP contribution in [0.1, 0.15) is 71.6 Å². The van der Waals surface area contributed by atoms with Crippen molar-refractivity contribution in [2.24, 2.45) is 11.7 Å². The zero-order valence-corrected chi connectivity index (χ0v) is 12.5. The highest BCUT2D eigenvalue weighted by Gasteiger charge is 2.42. The van der Waals surface area contributed by atoms with Crippen molar-refractivity contribution in [3.8, 4) is 0 Å². The lowest BCUT2D eigenvalue weighted by atomic mass is 9.73. The summed E-state index contributed by atoms with van der Waals surface area (Å²) in [4.78, 5) is 2.82. The molecule has 0 bridgehead atoms. The molecule has 2 N–H and O–H groups in total. The van der Waals surface area contributed by atoms with Gasteiger partial charge in [0.1, 0.15) is 0 Å². The zero-order valence-electron chi connectivity index (χ0n) is 12.5. The van der Waals surface area contributed by atoms with Gasteiger partial charge in [-0.2, -0.15) is 0 Å². The van der Waals surface area contributed by atoms with Gasteiger partial charge in [-0.3, -0.25) is 4.90 Å².